The molecule has 23 heavy (non-hydrogen) atoms. The highest BCUT2D eigenvalue weighted by Gasteiger charge is 2.26. The van der Waals surface area contributed by atoms with Crippen LogP contribution in [0.25, 0.3) is 11.5 Å². The van der Waals surface area contributed by atoms with E-state index in [2.05, 4.69) is 9.88 Å². The first-order valence-electron chi connectivity index (χ1n) is 7.18. The average molecular weight is 313 g/mol. The molecule has 2 aromatic rings. The molecule has 0 spiro atoms. The normalized spacial score (nSPS) is 15.4. The molecule has 3 rings (SSSR count). The van der Waals surface area contributed by atoms with Gasteiger partial charge in [-0.3, -0.25) is 10.1 Å². The van der Waals surface area contributed by atoms with Gasteiger partial charge in [-0.2, -0.15) is 10.2 Å². The summed E-state index contributed by atoms with van der Waals surface area (Å²) in [6.45, 7) is 3.15. The second kappa shape index (κ2) is 6.06. The molecule has 0 N–H and O–H groups in total. The van der Waals surface area contributed by atoms with Crippen molar-refractivity contribution < 1.29 is 9.34 Å². The minimum atomic E-state index is -0.485. The van der Waals surface area contributed by atoms with Crippen LogP contribution < -0.4 is 4.90 Å². The van der Waals surface area contributed by atoms with Crippen LogP contribution in [-0.2, 0) is 0 Å². The quantitative estimate of drug-likeness (QED) is 0.630. The van der Waals surface area contributed by atoms with Crippen molar-refractivity contribution in [2.45, 2.75) is 0 Å². The van der Waals surface area contributed by atoms with Crippen LogP contribution in [0.1, 0.15) is 5.69 Å². The van der Waals surface area contributed by atoms with Crippen molar-refractivity contribution >= 4 is 11.6 Å². The maximum atomic E-state index is 11.1. The number of hydrogen-bond acceptors (Lipinski definition) is 7. The number of aromatic nitrogens is 1. The van der Waals surface area contributed by atoms with Crippen LogP contribution in [0, 0.1) is 21.4 Å². The predicted octanol–water partition coefficient (Wildman–Crippen LogP) is 1.87. The molecule has 118 valence electrons. The molecule has 1 aliphatic rings. The van der Waals surface area contributed by atoms with E-state index in [0.717, 1.165) is 26.2 Å². The molecule has 8 nitrogen and oxygen atoms in total. The maximum absolute atomic E-state index is 11.1. The Morgan fingerprint density at radius 2 is 2.00 bits per heavy atom. The van der Waals surface area contributed by atoms with Gasteiger partial charge in [0.1, 0.15) is 11.6 Å². The number of likely N-dealkylation sites (N-methyl/N-ethyl adjacent to an activating group) is 1. The van der Waals surface area contributed by atoms with Crippen molar-refractivity contribution in [2.75, 3.05) is 38.1 Å². The van der Waals surface area contributed by atoms with Crippen LogP contribution in [0.4, 0.5) is 11.6 Å². The summed E-state index contributed by atoms with van der Waals surface area (Å²) in [6.07, 6.45) is 0. The van der Waals surface area contributed by atoms with Gasteiger partial charge < -0.3 is 14.2 Å². The number of nitriles is 1. The number of oxazole rings is 1. The van der Waals surface area contributed by atoms with E-state index in [1.54, 1.807) is 18.2 Å². The van der Waals surface area contributed by atoms with E-state index in [0.29, 0.717) is 5.88 Å². The molecule has 0 bridgehead atoms. The van der Waals surface area contributed by atoms with Crippen molar-refractivity contribution in [2.24, 2.45) is 0 Å². The Labute approximate surface area is 132 Å². The highest BCUT2D eigenvalue weighted by Crippen LogP contribution is 2.33. The van der Waals surface area contributed by atoms with Crippen LogP contribution in [0.3, 0.4) is 0 Å². The van der Waals surface area contributed by atoms with E-state index < -0.39 is 4.92 Å². The van der Waals surface area contributed by atoms with Crippen LogP contribution in [0.2, 0.25) is 0 Å². The molecule has 0 radical (unpaired) electrons. The number of nitrogens with zero attached hydrogens (tertiary/aromatic N) is 5. The highest BCUT2D eigenvalue weighted by atomic mass is 16.6. The van der Waals surface area contributed by atoms with Crippen molar-refractivity contribution in [3.8, 4) is 17.5 Å². The van der Waals surface area contributed by atoms with E-state index in [9.17, 15) is 15.4 Å². The maximum Gasteiger partial charge on any atom is 0.282 e. The standard InChI is InChI=1S/C15H15N5O3/c1-18-6-8-19(9-7-18)15-12(10-16)17-14(23-15)11-4-2-3-5-13(11)20(21)22/h2-5H,6-9H2,1H3. The predicted molar refractivity (Wildman–Crippen MR) is 83.0 cm³/mol. The highest BCUT2D eigenvalue weighted by molar-refractivity contribution is 5.69. The first kappa shape index (κ1) is 15.0. The Morgan fingerprint density at radius 3 is 2.65 bits per heavy atom. The number of rotatable bonds is 3. The van der Waals surface area contributed by atoms with Gasteiger partial charge in [-0.1, -0.05) is 12.1 Å². The number of para-hydroxylation sites is 1. The third-order valence-electron chi connectivity index (χ3n) is 3.84. The van der Waals surface area contributed by atoms with E-state index in [1.165, 1.54) is 6.07 Å². The molecule has 0 unspecified atom stereocenters. The number of nitro groups is 1. The molecular weight excluding hydrogens is 298 g/mol. The number of piperazine rings is 1. The Hall–Kier alpha value is -2.92. The fourth-order valence-electron chi connectivity index (χ4n) is 2.54. The minimum absolute atomic E-state index is 0.0943. The van der Waals surface area contributed by atoms with Crippen LogP contribution >= 0.6 is 0 Å². The number of hydrogen-bond donors (Lipinski definition) is 0. The summed E-state index contributed by atoms with van der Waals surface area (Å²) < 4.78 is 5.73. The van der Waals surface area contributed by atoms with Crippen molar-refractivity contribution in [1.82, 2.24) is 9.88 Å². The Morgan fingerprint density at radius 1 is 1.30 bits per heavy atom. The summed E-state index contributed by atoms with van der Waals surface area (Å²) in [5, 5.41) is 20.4. The van der Waals surface area contributed by atoms with E-state index in [-0.39, 0.29) is 22.8 Å². The van der Waals surface area contributed by atoms with Gasteiger partial charge in [0.25, 0.3) is 5.69 Å². The van der Waals surface area contributed by atoms with Gasteiger partial charge >= 0.3 is 0 Å². The zero-order valence-corrected chi connectivity index (χ0v) is 12.6. The van der Waals surface area contributed by atoms with Gasteiger partial charge in [-0.15, -0.1) is 0 Å². The van der Waals surface area contributed by atoms with Crippen LogP contribution in [0.15, 0.2) is 28.7 Å². The average Bonchev–Trinajstić information content (AvgIpc) is 2.99. The van der Waals surface area contributed by atoms with Gasteiger partial charge in [-0.05, 0) is 13.1 Å². The molecule has 0 aliphatic carbocycles. The number of nitro benzene ring substituents is 1. The third kappa shape index (κ3) is 2.86. The minimum Gasteiger partial charge on any atom is -0.419 e. The Balaban J connectivity index is 2.00. The second-order valence-electron chi connectivity index (χ2n) is 5.35. The summed E-state index contributed by atoms with van der Waals surface area (Å²) in [4.78, 5) is 18.9. The van der Waals surface area contributed by atoms with Crippen molar-refractivity contribution in [1.29, 1.82) is 5.26 Å². The summed E-state index contributed by atoms with van der Waals surface area (Å²) in [7, 11) is 2.03. The van der Waals surface area contributed by atoms with Crippen molar-refractivity contribution in [3.63, 3.8) is 0 Å². The van der Waals surface area contributed by atoms with Gasteiger partial charge in [0, 0.05) is 32.2 Å². The summed E-state index contributed by atoms with van der Waals surface area (Å²) in [6, 6.07) is 8.23. The summed E-state index contributed by atoms with van der Waals surface area (Å²) in [5.41, 5.74) is 0.334. The molecule has 0 atom stereocenters. The topological polar surface area (TPSA) is 99.4 Å². The molecule has 2 heterocycles. The third-order valence-corrected chi connectivity index (χ3v) is 3.84. The fourth-order valence-corrected chi connectivity index (χ4v) is 2.54. The first-order valence-corrected chi connectivity index (χ1v) is 7.18. The SMILES string of the molecule is CN1CCN(c2oc(-c3ccccc3[N+](=O)[O-])nc2C#N)CC1. The molecule has 1 aliphatic heterocycles. The fraction of sp³-hybridized carbons (Fsp3) is 0.333. The van der Waals surface area contributed by atoms with E-state index >= 15 is 0 Å². The molecule has 1 aromatic heterocycles. The zero-order valence-electron chi connectivity index (χ0n) is 12.6. The summed E-state index contributed by atoms with van der Waals surface area (Å²) >= 11 is 0. The summed E-state index contributed by atoms with van der Waals surface area (Å²) in [5.74, 6) is 0.483. The monoisotopic (exact) mass is 313 g/mol. The van der Waals surface area contributed by atoms with Gasteiger partial charge in [0.05, 0.1) is 4.92 Å². The Bertz CT molecular complexity index is 772. The lowest BCUT2D eigenvalue weighted by molar-refractivity contribution is -0.384. The number of benzene rings is 1. The van der Waals surface area contributed by atoms with Crippen LogP contribution in [0.5, 0.6) is 0 Å². The largest absolute Gasteiger partial charge is 0.419 e. The first-order chi connectivity index (χ1) is 11.1. The van der Waals surface area contributed by atoms with E-state index in [4.69, 9.17) is 4.42 Å². The Kier molecular flexibility index (Phi) is 3.95. The van der Waals surface area contributed by atoms with Crippen molar-refractivity contribution in [3.05, 3.63) is 40.1 Å². The molecular formula is C15H15N5O3. The number of anilines is 1. The lowest BCUT2D eigenvalue weighted by atomic mass is 10.2. The van der Waals surface area contributed by atoms with Gasteiger partial charge in [-0.25, -0.2) is 0 Å². The smallest absolute Gasteiger partial charge is 0.282 e. The zero-order chi connectivity index (χ0) is 16.4. The van der Waals surface area contributed by atoms with Gasteiger partial charge in [0.15, 0.2) is 0 Å². The molecule has 1 saturated heterocycles. The molecule has 1 aromatic carbocycles. The molecule has 0 amide bonds. The lowest BCUT2D eigenvalue weighted by Crippen LogP contribution is -2.44. The second-order valence-corrected chi connectivity index (χ2v) is 5.35. The van der Waals surface area contributed by atoms with Crippen LogP contribution in [-0.4, -0.2) is 48.0 Å². The molecule has 1 fully saturated rings. The lowest BCUT2D eigenvalue weighted by Gasteiger charge is -2.31. The van der Waals surface area contributed by atoms with E-state index in [1.807, 2.05) is 18.0 Å². The molecule has 0 saturated carbocycles. The van der Waals surface area contributed by atoms with Gasteiger partial charge in [0.2, 0.25) is 17.5 Å². The molecule has 8 heteroatoms.